The Hall–Kier alpha value is -1.26. The first-order valence-electron chi connectivity index (χ1n) is 3.85. The normalized spacial score (nSPS) is 10.7. The van der Waals surface area contributed by atoms with Crippen LogP contribution in [0.4, 0.5) is 4.79 Å². The van der Waals surface area contributed by atoms with Gasteiger partial charge < -0.3 is 9.47 Å². The van der Waals surface area contributed by atoms with Crippen LogP contribution in [0, 0.1) is 5.41 Å². The van der Waals surface area contributed by atoms with E-state index in [0.717, 1.165) is 0 Å². The van der Waals surface area contributed by atoms with Crippen molar-refractivity contribution in [1.29, 1.82) is 0 Å². The molecule has 0 unspecified atom stereocenters. The molecule has 0 rings (SSSR count). The van der Waals surface area contributed by atoms with Crippen molar-refractivity contribution < 1.29 is 24.2 Å². The second-order valence-electron chi connectivity index (χ2n) is 3.48. The average Bonchev–Trinajstić information content (AvgIpc) is 1.95. The van der Waals surface area contributed by atoms with E-state index in [1.807, 2.05) is 0 Å². The Morgan fingerprint density at radius 2 is 1.54 bits per heavy atom. The van der Waals surface area contributed by atoms with Crippen molar-refractivity contribution >= 4 is 12.1 Å². The third-order valence-corrected chi connectivity index (χ3v) is 1.15. The van der Waals surface area contributed by atoms with Gasteiger partial charge in [-0.2, -0.15) is 9.90 Å². The molecule has 0 fully saturated rings. The number of rotatable bonds is 3. The summed E-state index contributed by atoms with van der Waals surface area (Å²) < 4.78 is 8.74. The van der Waals surface area contributed by atoms with Gasteiger partial charge in [-0.3, -0.25) is 4.79 Å². The third kappa shape index (κ3) is 5.95. The van der Waals surface area contributed by atoms with Crippen LogP contribution in [0.25, 0.3) is 0 Å². The van der Waals surface area contributed by atoms with Crippen molar-refractivity contribution in [2.45, 2.75) is 20.8 Å². The van der Waals surface area contributed by atoms with Crippen molar-refractivity contribution in [1.82, 2.24) is 0 Å². The SMILES string of the molecule is CC(C)(C)C(=O)OCCOC([O])=O. The highest BCUT2D eigenvalue weighted by molar-refractivity contribution is 5.75. The number of ether oxygens (including phenoxy) is 2. The number of carbonyl (C=O) groups is 2. The van der Waals surface area contributed by atoms with E-state index in [4.69, 9.17) is 4.74 Å². The molecule has 75 valence electrons. The molecule has 0 bridgehead atoms. The van der Waals surface area contributed by atoms with Crippen LogP contribution < -0.4 is 0 Å². The molecular formula is C8H13O5. The molecule has 0 aromatic heterocycles. The smallest absolute Gasteiger partial charge is 0.462 e. The minimum atomic E-state index is -1.62. The van der Waals surface area contributed by atoms with Crippen LogP contribution >= 0.6 is 0 Å². The van der Waals surface area contributed by atoms with Gasteiger partial charge in [-0.05, 0) is 20.8 Å². The third-order valence-electron chi connectivity index (χ3n) is 1.15. The highest BCUT2D eigenvalue weighted by atomic mass is 16.7. The van der Waals surface area contributed by atoms with Crippen molar-refractivity contribution in [3.8, 4) is 0 Å². The van der Waals surface area contributed by atoms with E-state index in [1.54, 1.807) is 20.8 Å². The molecule has 0 aliphatic heterocycles. The van der Waals surface area contributed by atoms with E-state index >= 15 is 0 Å². The first kappa shape index (κ1) is 11.7. The maximum absolute atomic E-state index is 11.1. The molecular weight excluding hydrogens is 176 g/mol. The zero-order valence-corrected chi connectivity index (χ0v) is 7.96. The van der Waals surface area contributed by atoms with Crippen LogP contribution in [0.1, 0.15) is 20.8 Å². The summed E-state index contributed by atoms with van der Waals surface area (Å²) in [5.74, 6) is -0.394. The fourth-order valence-electron chi connectivity index (χ4n) is 0.476. The lowest BCUT2D eigenvalue weighted by atomic mass is 9.97. The first-order valence-corrected chi connectivity index (χ1v) is 3.85. The van der Waals surface area contributed by atoms with Gasteiger partial charge in [0, 0.05) is 0 Å². The molecule has 0 atom stereocenters. The summed E-state index contributed by atoms with van der Waals surface area (Å²) in [7, 11) is 0. The molecule has 0 aromatic carbocycles. The van der Waals surface area contributed by atoms with Gasteiger partial charge in [0.25, 0.3) is 0 Å². The molecule has 0 N–H and O–H groups in total. The second-order valence-corrected chi connectivity index (χ2v) is 3.48. The highest BCUT2D eigenvalue weighted by Crippen LogP contribution is 2.14. The quantitative estimate of drug-likeness (QED) is 0.493. The van der Waals surface area contributed by atoms with Crippen LogP contribution in [0.5, 0.6) is 0 Å². The zero-order valence-electron chi connectivity index (χ0n) is 7.96. The fraction of sp³-hybridized carbons (Fsp3) is 0.750. The number of hydrogen-bond acceptors (Lipinski definition) is 4. The van der Waals surface area contributed by atoms with Gasteiger partial charge in [-0.25, -0.2) is 0 Å². The van der Waals surface area contributed by atoms with E-state index in [-0.39, 0.29) is 13.2 Å². The Kier molecular flexibility index (Phi) is 4.23. The predicted octanol–water partition coefficient (Wildman–Crippen LogP) is 1.14. The Morgan fingerprint density at radius 3 is 1.92 bits per heavy atom. The van der Waals surface area contributed by atoms with Gasteiger partial charge in [-0.1, -0.05) is 0 Å². The van der Waals surface area contributed by atoms with Crippen LogP contribution in [-0.4, -0.2) is 25.3 Å². The van der Waals surface area contributed by atoms with Crippen molar-refractivity contribution in [2.24, 2.45) is 5.41 Å². The Labute approximate surface area is 76.6 Å². The predicted molar refractivity (Wildman–Crippen MR) is 42.4 cm³/mol. The zero-order chi connectivity index (χ0) is 10.5. The number of carbonyl (C=O) groups excluding carboxylic acids is 2. The maximum atomic E-state index is 11.1. The largest absolute Gasteiger partial charge is 0.550 e. The van der Waals surface area contributed by atoms with E-state index in [2.05, 4.69) is 4.74 Å². The van der Waals surface area contributed by atoms with Crippen molar-refractivity contribution in [3.05, 3.63) is 0 Å². The van der Waals surface area contributed by atoms with Gasteiger partial charge in [0.2, 0.25) is 0 Å². The second kappa shape index (κ2) is 4.69. The van der Waals surface area contributed by atoms with Gasteiger partial charge in [-0.15, -0.1) is 0 Å². The Morgan fingerprint density at radius 1 is 1.08 bits per heavy atom. The summed E-state index contributed by atoms with van der Waals surface area (Å²) in [6.45, 7) is 4.84. The van der Waals surface area contributed by atoms with Crippen molar-refractivity contribution in [2.75, 3.05) is 13.2 Å². The standard InChI is InChI=1S/C8H13O5/c1-8(2,3)6(9)12-4-5-13-7(10)11/h4-5H2,1-3H3. The summed E-state index contributed by atoms with van der Waals surface area (Å²) in [6.07, 6.45) is -1.62. The minimum absolute atomic E-state index is 0.0793. The van der Waals surface area contributed by atoms with Crippen LogP contribution in [-0.2, 0) is 19.4 Å². The monoisotopic (exact) mass is 189 g/mol. The molecule has 13 heavy (non-hydrogen) atoms. The van der Waals surface area contributed by atoms with Gasteiger partial charge in [0.05, 0.1) is 5.41 Å². The van der Waals surface area contributed by atoms with Gasteiger partial charge in [0.1, 0.15) is 13.2 Å². The van der Waals surface area contributed by atoms with Crippen molar-refractivity contribution in [3.63, 3.8) is 0 Å². The van der Waals surface area contributed by atoms with E-state index in [0.29, 0.717) is 0 Å². The Balaban J connectivity index is 3.55. The molecule has 0 saturated carbocycles. The van der Waals surface area contributed by atoms with E-state index in [1.165, 1.54) is 0 Å². The molecule has 0 spiro atoms. The lowest BCUT2D eigenvalue weighted by Gasteiger charge is -2.15. The van der Waals surface area contributed by atoms with E-state index < -0.39 is 17.5 Å². The summed E-state index contributed by atoms with van der Waals surface area (Å²) >= 11 is 0. The van der Waals surface area contributed by atoms with Gasteiger partial charge >= 0.3 is 12.1 Å². The average molecular weight is 189 g/mol. The molecule has 0 aromatic rings. The highest BCUT2D eigenvalue weighted by Gasteiger charge is 2.22. The molecule has 0 aliphatic rings. The molecule has 1 radical (unpaired) electrons. The lowest BCUT2D eigenvalue weighted by Crippen LogP contribution is -2.24. The number of esters is 1. The molecule has 0 saturated heterocycles. The first-order chi connectivity index (χ1) is 5.84. The summed E-state index contributed by atoms with van der Waals surface area (Å²) in [5, 5.41) is 9.77. The molecule has 0 aliphatic carbocycles. The molecule has 5 nitrogen and oxygen atoms in total. The minimum Gasteiger partial charge on any atom is -0.462 e. The lowest BCUT2D eigenvalue weighted by molar-refractivity contribution is -0.154. The summed E-state index contributed by atoms with van der Waals surface area (Å²) in [4.78, 5) is 20.8. The molecule has 5 heteroatoms. The molecule has 0 amide bonds. The summed E-state index contributed by atoms with van der Waals surface area (Å²) in [5.41, 5.74) is -0.582. The van der Waals surface area contributed by atoms with Gasteiger partial charge in [0.15, 0.2) is 0 Å². The fourth-order valence-corrected chi connectivity index (χ4v) is 0.476. The molecule has 0 heterocycles. The van der Waals surface area contributed by atoms with Crippen LogP contribution in [0.3, 0.4) is 0 Å². The summed E-state index contributed by atoms with van der Waals surface area (Å²) in [6, 6.07) is 0. The van der Waals surface area contributed by atoms with E-state index in [9.17, 15) is 14.7 Å². The van der Waals surface area contributed by atoms with Crippen LogP contribution in [0.2, 0.25) is 0 Å². The Bertz CT molecular complexity index is 191. The number of hydrogen-bond donors (Lipinski definition) is 0. The topological polar surface area (TPSA) is 72.5 Å². The maximum Gasteiger partial charge on any atom is 0.550 e. The van der Waals surface area contributed by atoms with Crippen LogP contribution in [0.15, 0.2) is 0 Å².